The van der Waals surface area contributed by atoms with Crippen LogP contribution >= 0.6 is 0 Å². The molecule has 7 nitrogen and oxygen atoms in total. The van der Waals surface area contributed by atoms with Crippen molar-refractivity contribution in [2.75, 3.05) is 62.9 Å². The molecule has 0 saturated carbocycles. The second-order valence-electron chi connectivity index (χ2n) is 8.69. The Balaban J connectivity index is 1.54. The van der Waals surface area contributed by atoms with Crippen molar-refractivity contribution >= 4 is 17.9 Å². The zero-order valence-electron chi connectivity index (χ0n) is 19.6. The Bertz CT molecular complexity index is 956. The van der Waals surface area contributed by atoms with Crippen LogP contribution in [0.1, 0.15) is 36.0 Å². The lowest BCUT2D eigenvalue weighted by molar-refractivity contribution is 0.0320. The van der Waals surface area contributed by atoms with E-state index in [1.807, 2.05) is 36.9 Å². The number of aromatic nitrogens is 1. The molecule has 0 unspecified atom stereocenters. The van der Waals surface area contributed by atoms with Gasteiger partial charge >= 0.3 is 0 Å². The number of nitrogens with zero attached hydrogens (tertiary/aromatic N) is 4. The largest absolute Gasteiger partial charge is 0.489 e. The van der Waals surface area contributed by atoms with Gasteiger partial charge in [-0.15, -0.1) is 0 Å². The number of pyridine rings is 1. The Morgan fingerprint density at radius 2 is 1.94 bits per heavy atom. The van der Waals surface area contributed by atoms with Gasteiger partial charge < -0.3 is 14.4 Å². The van der Waals surface area contributed by atoms with Crippen molar-refractivity contribution < 1.29 is 13.9 Å². The normalized spacial score (nSPS) is 17.5. The number of nitrogens with one attached hydrogen (secondary N) is 1. The first-order valence-corrected chi connectivity index (χ1v) is 11.9. The summed E-state index contributed by atoms with van der Waals surface area (Å²) in [5.74, 6) is 0.730. The molecule has 178 valence electrons. The number of ether oxygens (including phenoxy) is 2. The van der Waals surface area contributed by atoms with Crippen molar-refractivity contribution in [1.82, 2.24) is 9.88 Å². The summed E-state index contributed by atoms with van der Waals surface area (Å²) >= 11 is 0. The SMILES string of the molecule is Cc1cccc(/C=N/Nc2nc(N3CCCCC3)c(F)c(OCCN3CCOCC3)c2C)c1. The number of halogens is 1. The van der Waals surface area contributed by atoms with E-state index < -0.39 is 0 Å². The first-order chi connectivity index (χ1) is 16.1. The van der Waals surface area contributed by atoms with E-state index in [-0.39, 0.29) is 11.6 Å². The van der Waals surface area contributed by atoms with Crippen molar-refractivity contribution in [3.05, 3.63) is 46.8 Å². The Hall–Kier alpha value is -2.71. The zero-order chi connectivity index (χ0) is 23.0. The monoisotopic (exact) mass is 455 g/mol. The van der Waals surface area contributed by atoms with E-state index in [2.05, 4.69) is 26.5 Å². The van der Waals surface area contributed by atoms with Gasteiger partial charge in [0.05, 0.1) is 19.4 Å². The van der Waals surface area contributed by atoms with E-state index in [9.17, 15) is 0 Å². The number of aryl methyl sites for hydroxylation is 1. The summed E-state index contributed by atoms with van der Waals surface area (Å²) < 4.78 is 27.0. The molecule has 8 heteroatoms. The van der Waals surface area contributed by atoms with E-state index in [0.29, 0.717) is 23.8 Å². The molecule has 4 rings (SSSR count). The molecule has 2 aliphatic rings. The minimum absolute atomic E-state index is 0.257. The van der Waals surface area contributed by atoms with Crippen molar-refractivity contribution in [2.24, 2.45) is 5.10 Å². The number of hydrogen-bond donors (Lipinski definition) is 1. The highest BCUT2D eigenvalue weighted by molar-refractivity contribution is 5.80. The number of rotatable bonds is 8. The van der Waals surface area contributed by atoms with E-state index in [1.165, 1.54) is 12.0 Å². The molecule has 1 N–H and O–H groups in total. The summed E-state index contributed by atoms with van der Waals surface area (Å²) in [5, 5.41) is 4.37. The van der Waals surface area contributed by atoms with Crippen LogP contribution in [-0.2, 0) is 4.74 Å². The third-order valence-electron chi connectivity index (χ3n) is 6.15. The molecule has 3 heterocycles. The van der Waals surface area contributed by atoms with Crippen LogP contribution in [0, 0.1) is 19.7 Å². The lowest BCUT2D eigenvalue weighted by atomic mass is 10.1. The first kappa shape index (κ1) is 23.4. The van der Waals surface area contributed by atoms with Crippen LogP contribution < -0.4 is 15.1 Å². The lowest BCUT2D eigenvalue weighted by Gasteiger charge is -2.29. The van der Waals surface area contributed by atoms with Crippen LogP contribution in [0.15, 0.2) is 29.4 Å². The third kappa shape index (κ3) is 6.21. The van der Waals surface area contributed by atoms with Crippen molar-refractivity contribution in [1.29, 1.82) is 0 Å². The highest BCUT2D eigenvalue weighted by Crippen LogP contribution is 2.35. The average Bonchev–Trinajstić information content (AvgIpc) is 2.84. The van der Waals surface area contributed by atoms with Crippen LogP contribution in [0.4, 0.5) is 16.0 Å². The number of morpholine rings is 1. The topological polar surface area (TPSA) is 62.2 Å². The summed E-state index contributed by atoms with van der Waals surface area (Å²) in [6.45, 7) is 9.82. The number of anilines is 2. The van der Waals surface area contributed by atoms with E-state index in [4.69, 9.17) is 9.47 Å². The van der Waals surface area contributed by atoms with Gasteiger partial charge in [-0.1, -0.05) is 29.8 Å². The van der Waals surface area contributed by atoms with E-state index in [0.717, 1.165) is 64.3 Å². The van der Waals surface area contributed by atoms with Gasteiger partial charge in [-0.2, -0.15) is 9.49 Å². The molecule has 33 heavy (non-hydrogen) atoms. The quantitative estimate of drug-likeness (QED) is 0.480. The van der Waals surface area contributed by atoms with Gasteiger partial charge in [0, 0.05) is 38.3 Å². The van der Waals surface area contributed by atoms with Crippen molar-refractivity contribution in [3.63, 3.8) is 0 Å². The Morgan fingerprint density at radius 1 is 1.15 bits per heavy atom. The van der Waals surface area contributed by atoms with Crippen molar-refractivity contribution in [3.8, 4) is 5.75 Å². The molecule has 0 aliphatic carbocycles. The smallest absolute Gasteiger partial charge is 0.207 e. The summed E-state index contributed by atoms with van der Waals surface area (Å²) in [6.07, 6.45) is 4.99. The molecule has 1 aromatic carbocycles. The molecule has 1 aromatic heterocycles. The molecule has 0 atom stereocenters. The molecule has 2 aromatic rings. The Kier molecular flexibility index (Phi) is 8.12. The van der Waals surface area contributed by atoms with Gasteiger partial charge in [0.15, 0.2) is 17.4 Å². The average molecular weight is 456 g/mol. The lowest BCUT2D eigenvalue weighted by Crippen LogP contribution is -2.38. The van der Waals surface area contributed by atoms with Gasteiger partial charge in [0.2, 0.25) is 5.82 Å². The van der Waals surface area contributed by atoms with Crippen LogP contribution in [0.5, 0.6) is 5.75 Å². The maximum Gasteiger partial charge on any atom is 0.207 e. The predicted molar refractivity (Wildman–Crippen MR) is 130 cm³/mol. The summed E-state index contributed by atoms with van der Waals surface area (Å²) in [4.78, 5) is 8.91. The second kappa shape index (κ2) is 11.4. The molecule has 2 aliphatic heterocycles. The van der Waals surface area contributed by atoms with Crippen LogP contribution in [-0.4, -0.2) is 68.6 Å². The summed E-state index contributed by atoms with van der Waals surface area (Å²) in [6, 6.07) is 8.08. The van der Waals surface area contributed by atoms with Crippen LogP contribution in [0.3, 0.4) is 0 Å². The van der Waals surface area contributed by atoms with Gasteiger partial charge in [-0.3, -0.25) is 10.3 Å². The minimum Gasteiger partial charge on any atom is -0.489 e. The van der Waals surface area contributed by atoms with Crippen LogP contribution in [0.25, 0.3) is 0 Å². The predicted octanol–water partition coefficient (Wildman–Crippen LogP) is 3.98. The van der Waals surface area contributed by atoms with Crippen molar-refractivity contribution in [2.45, 2.75) is 33.1 Å². The summed E-state index contributed by atoms with van der Waals surface area (Å²) in [7, 11) is 0. The molecular weight excluding hydrogens is 421 g/mol. The standard InChI is InChI=1S/C25H34FN5O2/c1-19-7-6-8-21(17-19)18-27-29-24-20(2)23(33-16-13-30-11-14-32-15-12-30)22(26)25(28-24)31-9-4-3-5-10-31/h6-8,17-18H,3-5,9-16H2,1-2H3,(H,28,29)/b27-18+. The highest BCUT2D eigenvalue weighted by Gasteiger charge is 2.24. The number of benzene rings is 1. The van der Waals surface area contributed by atoms with Gasteiger partial charge in [0.1, 0.15) is 6.61 Å². The first-order valence-electron chi connectivity index (χ1n) is 11.9. The number of hydrazone groups is 1. The molecule has 0 bridgehead atoms. The molecule has 0 spiro atoms. The third-order valence-corrected chi connectivity index (χ3v) is 6.15. The fraction of sp³-hybridized carbons (Fsp3) is 0.520. The maximum atomic E-state index is 15.6. The van der Waals surface area contributed by atoms with Gasteiger partial charge in [-0.05, 0) is 38.7 Å². The van der Waals surface area contributed by atoms with Gasteiger partial charge in [-0.25, -0.2) is 4.98 Å². The molecule has 0 radical (unpaired) electrons. The van der Waals surface area contributed by atoms with E-state index in [1.54, 1.807) is 6.21 Å². The molecular formula is C25H34FN5O2. The highest BCUT2D eigenvalue weighted by atomic mass is 19.1. The molecule has 2 saturated heterocycles. The summed E-state index contributed by atoms with van der Waals surface area (Å²) in [5.41, 5.74) is 5.80. The maximum absolute atomic E-state index is 15.6. The minimum atomic E-state index is -0.385. The molecule has 0 amide bonds. The number of piperidine rings is 1. The van der Waals surface area contributed by atoms with E-state index >= 15 is 4.39 Å². The Morgan fingerprint density at radius 3 is 2.70 bits per heavy atom. The fourth-order valence-corrected chi connectivity index (χ4v) is 4.23. The van der Waals surface area contributed by atoms with Crippen LogP contribution in [0.2, 0.25) is 0 Å². The second-order valence-corrected chi connectivity index (χ2v) is 8.69. The molecule has 2 fully saturated rings. The van der Waals surface area contributed by atoms with Gasteiger partial charge in [0.25, 0.3) is 0 Å². The fourth-order valence-electron chi connectivity index (χ4n) is 4.23. The zero-order valence-corrected chi connectivity index (χ0v) is 19.6. The Labute approximate surface area is 195 Å². The number of hydrogen-bond acceptors (Lipinski definition) is 7.